The van der Waals surface area contributed by atoms with Crippen molar-refractivity contribution in [2.45, 2.75) is 105 Å². The number of amides is 2. The van der Waals surface area contributed by atoms with Gasteiger partial charge >= 0.3 is 17.9 Å². The summed E-state index contributed by atoms with van der Waals surface area (Å²) in [6.45, 7) is 20.4. The zero-order chi connectivity index (χ0) is 70.4. The number of pyridine rings is 1. The molecule has 9 atom stereocenters. The lowest BCUT2D eigenvalue weighted by atomic mass is 9.78. The highest BCUT2D eigenvalue weighted by atomic mass is 19.4. The fraction of sp³-hybridized carbons (Fsp3) is 0.417. The smallest absolute Gasteiger partial charge is 0.416 e. The second kappa shape index (κ2) is 30.4. The second-order valence-electron chi connectivity index (χ2n) is 25.4. The zero-order valence-corrected chi connectivity index (χ0v) is 56.3. The number of hydrogen-bond donors (Lipinski definition) is 7. The molecule has 2 aromatic heterocycles. The Kier molecular flexibility index (Phi) is 22.6. The number of Topliss-reactive ketones (excluding diaryl/α,β-unsaturated/α-hetero) is 1. The summed E-state index contributed by atoms with van der Waals surface area (Å²) < 4.78 is 64.9. The van der Waals surface area contributed by atoms with Crippen LogP contribution in [0.2, 0.25) is 0 Å². The van der Waals surface area contributed by atoms with Gasteiger partial charge in [-0.2, -0.15) is 18.3 Å². The number of benzene rings is 4. The molecule has 25 heteroatoms. The van der Waals surface area contributed by atoms with E-state index in [2.05, 4.69) is 36.7 Å². The van der Waals surface area contributed by atoms with Gasteiger partial charge in [-0.25, -0.2) is 0 Å². The molecule has 0 spiro atoms. The van der Waals surface area contributed by atoms with Gasteiger partial charge in [0, 0.05) is 155 Å². The third-order valence-corrected chi connectivity index (χ3v) is 18.7. The number of ether oxygens (including phenoxy) is 4. The molecular weight excluding hydrogens is 1260 g/mol. The number of fused-ring (bicyclic) bond motifs is 14. The monoisotopic (exact) mass is 1340 g/mol. The minimum atomic E-state index is -4.36. The number of likely N-dealkylation sites (N-methyl/N-ethyl adjacent to an activating group) is 1. The SMILES string of the molecule is CO[C@H]1/C=C/O[C@@]2(C)Oc3c(C)c(O)c4c(O)c(c(/C=N\N5CCN(C)CC5)c(O)c4c3C2=O)NC(=O)/C(C)=C\C=C\[C@H](C)[C@H](O)[C@@H](C)[C@@H](O)[C@@H](C)[C@H](OC(C)=O)[C@@H]1C.Cc1c(CN2CCN(c3cccc(C(F)(F)F)c3)CC2)cc(-c2ccccc2)n1NC(=O)c1ccncc1. The molecule has 22 nitrogen and oxygen atoms in total. The number of ketones is 1. The average molecular weight is 1340 g/mol. The molecule has 0 radical (unpaired) electrons. The standard InChI is InChI=1S/C43H58N4O12.C29H28F3N5O/c1-21-12-11-13-22(2)42(55)45-33-28(20-44-47-17-15-46(9)16-18-47)37(52)30-31(38(33)53)36(51)26(6)40-32(30)41(54)43(8,59-40)57-19-14-29(56-10)23(3)39(58-27(7)48)25(5)35(50)24(4)34(21)49;1-21-24(20-35-14-16-36(17-15-35)26-9-5-8-25(19-26)29(30,31)32)18-27(22-6-3-2-4-7-22)37(21)34-28(38)23-10-12-33-13-11-23/h11-14,19-21,23-25,29,34-35,39,49-53H,15-18H2,1-10H3,(H,45,55);2-13,18-19H,14-17,20H2,1H3,(H,34,38)/b12-11+,19-14+,22-13-,44-20-;/t21-,23+,24+,25+,29-,34-,35+,39+,43-;/m0./s1. The Morgan fingerprint density at radius 3 is 2.16 bits per heavy atom. The van der Waals surface area contributed by atoms with Crippen molar-refractivity contribution in [3.05, 3.63) is 160 Å². The van der Waals surface area contributed by atoms with Crippen molar-refractivity contribution in [3.63, 3.8) is 0 Å². The molecule has 2 saturated heterocycles. The highest BCUT2D eigenvalue weighted by molar-refractivity contribution is 6.24. The maximum Gasteiger partial charge on any atom is 0.416 e. The van der Waals surface area contributed by atoms with Gasteiger partial charge in [-0.1, -0.05) is 82.3 Å². The van der Waals surface area contributed by atoms with Crippen molar-refractivity contribution in [1.82, 2.24) is 24.5 Å². The zero-order valence-electron chi connectivity index (χ0n) is 56.3. The molecule has 97 heavy (non-hydrogen) atoms. The number of aromatic nitrogens is 2. The van der Waals surface area contributed by atoms with Crippen LogP contribution in [0.15, 0.2) is 126 Å². The number of rotatable bonds is 10. The van der Waals surface area contributed by atoms with Crippen LogP contribution in [0.1, 0.15) is 97.1 Å². The van der Waals surface area contributed by atoms with Crippen molar-refractivity contribution in [2.75, 3.05) is 82.2 Å². The summed E-state index contributed by atoms with van der Waals surface area (Å²) in [4.78, 5) is 63.8. The predicted molar refractivity (Wildman–Crippen MR) is 362 cm³/mol. The minimum Gasteiger partial charge on any atom is -0.507 e. The van der Waals surface area contributed by atoms with E-state index in [9.17, 15) is 57.9 Å². The third kappa shape index (κ3) is 15.9. The largest absolute Gasteiger partial charge is 0.507 e. The number of phenolic OH excluding ortho intramolecular Hbond substituents is 3. The van der Waals surface area contributed by atoms with Crippen molar-refractivity contribution in [3.8, 4) is 34.3 Å². The van der Waals surface area contributed by atoms with Gasteiger partial charge in [-0.15, -0.1) is 0 Å². The van der Waals surface area contributed by atoms with E-state index in [1.807, 2.05) is 53.9 Å². The summed E-state index contributed by atoms with van der Waals surface area (Å²) >= 11 is 0. The van der Waals surface area contributed by atoms with E-state index in [1.54, 1.807) is 75.4 Å². The van der Waals surface area contributed by atoms with Gasteiger partial charge in [-0.05, 0) is 75.9 Å². The number of esters is 1. The molecule has 6 aromatic rings. The molecule has 5 aliphatic heterocycles. The minimum absolute atomic E-state index is 0.0559. The van der Waals surface area contributed by atoms with Crippen LogP contribution in [0.5, 0.6) is 23.0 Å². The van der Waals surface area contributed by atoms with E-state index >= 15 is 0 Å². The van der Waals surface area contributed by atoms with E-state index in [0.717, 1.165) is 41.7 Å². The Morgan fingerprint density at radius 2 is 1.52 bits per heavy atom. The lowest BCUT2D eigenvalue weighted by molar-refractivity contribution is -0.160. The van der Waals surface area contributed by atoms with Crippen LogP contribution < -0.4 is 20.4 Å². The van der Waals surface area contributed by atoms with Gasteiger partial charge in [0.05, 0.1) is 64.2 Å². The highest BCUT2D eigenvalue weighted by Gasteiger charge is 2.50. The Labute approximate surface area is 561 Å². The molecule has 11 rings (SSSR count). The normalized spacial score (nSPS) is 25.2. The summed E-state index contributed by atoms with van der Waals surface area (Å²) in [5.41, 5.74) is 7.01. The lowest BCUT2D eigenvalue weighted by Gasteiger charge is -2.38. The number of nitrogens with one attached hydrogen (secondary N) is 2. The van der Waals surface area contributed by atoms with Gasteiger partial charge in [0.15, 0.2) is 5.75 Å². The van der Waals surface area contributed by atoms with E-state index in [-0.39, 0.29) is 50.4 Å². The van der Waals surface area contributed by atoms with E-state index in [1.165, 1.54) is 71.6 Å². The molecule has 518 valence electrons. The number of alkyl halides is 3. The molecule has 7 N–H and O–H groups in total. The summed E-state index contributed by atoms with van der Waals surface area (Å²) in [5, 5.41) is 66.8. The molecular formula is C72H86F3N9O13. The quantitative estimate of drug-likeness (QED) is 0.0291. The van der Waals surface area contributed by atoms with Gasteiger partial charge in [0.25, 0.3) is 17.6 Å². The second-order valence-corrected chi connectivity index (χ2v) is 25.4. The number of anilines is 2. The number of phenols is 3. The number of aliphatic hydroxyl groups is 2. The Balaban J connectivity index is 0.000000249. The van der Waals surface area contributed by atoms with Crippen LogP contribution in [0.3, 0.4) is 0 Å². The number of hydrogen-bond acceptors (Lipinski definition) is 19. The Morgan fingerprint density at radius 1 is 0.835 bits per heavy atom. The van der Waals surface area contributed by atoms with Gasteiger partial charge in [-0.3, -0.25) is 44.2 Å². The number of halogens is 3. The first-order valence-corrected chi connectivity index (χ1v) is 32.2. The maximum absolute atomic E-state index is 14.4. The van der Waals surface area contributed by atoms with E-state index in [4.69, 9.17) is 18.9 Å². The predicted octanol–water partition coefficient (Wildman–Crippen LogP) is 9.92. The van der Waals surface area contributed by atoms with Crippen molar-refractivity contribution in [2.24, 2.45) is 28.8 Å². The number of methoxy groups -OCH3 is 1. The average Bonchev–Trinajstić information content (AvgIpc) is 1.64. The summed E-state index contributed by atoms with van der Waals surface area (Å²) in [5.74, 6) is -8.57. The molecule has 0 saturated carbocycles. The number of hydrazone groups is 1. The molecule has 7 heterocycles. The number of aliphatic hydroxyl groups excluding tert-OH is 2. The fourth-order valence-electron chi connectivity index (χ4n) is 12.7. The maximum atomic E-state index is 14.4. The molecule has 0 aliphatic carbocycles. The van der Waals surface area contributed by atoms with Gasteiger partial charge < -0.3 is 59.6 Å². The van der Waals surface area contributed by atoms with Gasteiger partial charge in [0.1, 0.15) is 23.4 Å². The molecule has 5 bridgehead atoms. The Hall–Kier alpha value is -9.27. The van der Waals surface area contributed by atoms with Crippen molar-refractivity contribution >= 4 is 51.9 Å². The van der Waals surface area contributed by atoms with Gasteiger partial charge in [0.2, 0.25) is 0 Å². The first kappa shape index (κ1) is 72.0. The van der Waals surface area contributed by atoms with Crippen molar-refractivity contribution < 1.29 is 76.8 Å². The van der Waals surface area contributed by atoms with Crippen LogP contribution in [0.4, 0.5) is 24.5 Å². The fourth-order valence-corrected chi connectivity index (χ4v) is 12.7. The highest BCUT2D eigenvalue weighted by Crippen LogP contribution is 2.55. The van der Waals surface area contributed by atoms with Crippen molar-refractivity contribution in [1.29, 1.82) is 0 Å². The number of piperazine rings is 2. The van der Waals surface area contributed by atoms with Crippen LogP contribution in [0, 0.1) is 37.5 Å². The molecule has 4 aromatic carbocycles. The topological polar surface area (TPSA) is 274 Å². The molecule has 2 fully saturated rings. The molecule has 5 aliphatic rings. The summed E-state index contributed by atoms with van der Waals surface area (Å²) in [6.07, 6.45) is 3.67. The van der Waals surface area contributed by atoms with Crippen LogP contribution in [0.25, 0.3) is 22.0 Å². The van der Waals surface area contributed by atoms with E-state index in [0.29, 0.717) is 57.1 Å². The van der Waals surface area contributed by atoms with Crippen LogP contribution >= 0.6 is 0 Å². The van der Waals surface area contributed by atoms with E-state index < -0.39 is 101 Å². The van der Waals surface area contributed by atoms with Crippen LogP contribution in [-0.2, 0) is 36.5 Å². The molecule has 2 amide bonds. The number of aromatic hydroxyl groups is 3. The number of nitrogens with zero attached hydrogens (tertiary/aromatic N) is 7. The third-order valence-electron chi connectivity index (χ3n) is 18.7. The first-order valence-electron chi connectivity index (χ1n) is 32.2. The molecule has 0 unspecified atom stereocenters. The summed E-state index contributed by atoms with van der Waals surface area (Å²) in [7, 11) is 3.42. The number of carbonyl (C=O) groups is 4. The Bertz CT molecular complexity index is 3980. The number of carbonyl (C=O) groups excluding carboxylic acids is 4. The number of allylic oxidation sites excluding steroid dienone is 2. The lowest BCUT2D eigenvalue weighted by Crippen LogP contribution is -2.46. The first-order chi connectivity index (χ1) is 46.0. The summed E-state index contributed by atoms with van der Waals surface area (Å²) in [6, 6.07) is 20.8. The van der Waals surface area contributed by atoms with Crippen LogP contribution in [-0.4, -0.2) is 177 Å².